The molecule has 0 aliphatic rings. The zero-order chi connectivity index (χ0) is 18.4. The molecule has 2 aromatic carbocycles. The van der Waals surface area contributed by atoms with Gasteiger partial charge in [0.05, 0.1) is 18.4 Å². The minimum atomic E-state index is -1.18. The lowest BCUT2D eigenvalue weighted by Crippen LogP contribution is -2.18. The summed E-state index contributed by atoms with van der Waals surface area (Å²) in [5, 5.41) is 18.0. The van der Waals surface area contributed by atoms with Gasteiger partial charge < -0.3 is 4.74 Å². The third-order valence-electron chi connectivity index (χ3n) is 3.72. The standard InChI is InChI=1S/C20H16N4O2/c1-2-26-20(25)16(13-21)18-17(14-9-5-3-6-10-14)23-24-19(22-18)15-11-7-4-8-12-15/h3-12,16H,2H2,1H3. The molecule has 0 aliphatic carbocycles. The van der Waals surface area contributed by atoms with Crippen LogP contribution >= 0.6 is 0 Å². The predicted molar refractivity (Wildman–Crippen MR) is 95.7 cm³/mol. The van der Waals surface area contributed by atoms with E-state index in [9.17, 15) is 10.1 Å². The number of hydrogen-bond donors (Lipinski definition) is 0. The van der Waals surface area contributed by atoms with Crippen LogP contribution in [0.5, 0.6) is 0 Å². The Hall–Kier alpha value is -3.59. The summed E-state index contributed by atoms with van der Waals surface area (Å²) in [5.74, 6) is -1.47. The number of benzene rings is 2. The van der Waals surface area contributed by atoms with Crippen LogP contribution in [0.2, 0.25) is 0 Å². The molecule has 0 bridgehead atoms. The summed E-state index contributed by atoms with van der Waals surface area (Å²) in [7, 11) is 0. The molecule has 3 aromatic rings. The van der Waals surface area contributed by atoms with Crippen LogP contribution < -0.4 is 0 Å². The zero-order valence-corrected chi connectivity index (χ0v) is 14.2. The van der Waals surface area contributed by atoms with E-state index in [-0.39, 0.29) is 12.3 Å². The molecule has 0 aliphatic heterocycles. The molecule has 1 heterocycles. The number of esters is 1. The fourth-order valence-electron chi connectivity index (χ4n) is 2.50. The number of ether oxygens (including phenoxy) is 1. The van der Waals surface area contributed by atoms with Crippen LogP contribution in [0.25, 0.3) is 22.6 Å². The molecule has 6 heteroatoms. The summed E-state index contributed by atoms with van der Waals surface area (Å²) in [6.07, 6.45) is 0. The molecule has 0 saturated heterocycles. The van der Waals surface area contributed by atoms with E-state index >= 15 is 0 Å². The molecule has 26 heavy (non-hydrogen) atoms. The van der Waals surface area contributed by atoms with Crippen molar-refractivity contribution >= 4 is 5.97 Å². The average Bonchev–Trinajstić information content (AvgIpc) is 2.70. The number of hydrogen-bond acceptors (Lipinski definition) is 6. The van der Waals surface area contributed by atoms with E-state index in [1.807, 2.05) is 66.7 Å². The number of carbonyl (C=O) groups is 1. The predicted octanol–water partition coefficient (Wildman–Crippen LogP) is 3.38. The number of aromatic nitrogens is 3. The summed E-state index contributed by atoms with van der Waals surface area (Å²) in [6.45, 7) is 1.87. The van der Waals surface area contributed by atoms with Gasteiger partial charge in [0.15, 0.2) is 11.7 Å². The molecule has 0 saturated carbocycles. The number of nitriles is 1. The molecule has 0 N–H and O–H groups in total. The average molecular weight is 344 g/mol. The van der Waals surface area contributed by atoms with Crippen LogP contribution in [0.1, 0.15) is 18.5 Å². The van der Waals surface area contributed by atoms with E-state index in [1.165, 1.54) is 0 Å². The number of nitrogens with zero attached hydrogens (tertiary/aromatic N) is 4. The zero-order valence-electron chi connectivity index (χ0n) is 14.2. The largest absolute Gasteiger partial charge is 0.465 e. The highest BCUT2D eigenvalue weighted by molar-refractivity contribution is 5.83. The molecule has 6 nitrogen and oxygen atoms in total. The van der Waals surface area contributed by atoms with E-state index in [1.54, 1.807) is 6.92 Å². The van der Waals surface area contributed by atoms with Gasteiger partial charge in [0.1, 0.15) is 5.69 Å². The molecular weight excluding hydrogens is 328 g/mol. The second-order valence-corrected chi connectivity index (χ2v) is 5.42. The number of carbonyl (C=O) groups excluding carboxylic acids is 1. The summed E-state index contributed by atoms with van der Waals surface area (Å²) < 4.78 is 5.04. The van der Waals surface area contributed by atoms with Crippen molar-refractivity contribution in [2.45, 2.75) is 12.8 Å². The van der Waals surface area contributed by atoms with Gasteiger partial charge in [0, 0.05) is 11.1 Å². The van der Waals surface area contributed by atoms with Crippen LogP contribution in [0.4, 0.5) is 0 Å². The third kappa shape index (κ3) is 3.57. The van der Waals surface area contributed by atoms with Gasteiger partial charge in [-0.25, -0.2) is 4.98 Å². The van der Waals surface area contributed by atoms with Gasteiger partial charge in [-0.2, -0.15) is 5.26 Å². The molecule has 128 valence electrons. The Kier molecular flexibility index (Phi) is 5.30. The topological polar surface area (TPSA) is 88.8 Å². The normalized spacial score (nSPS) is 11.4. The van der Waals surface area contributed by atoms with Crippen molar-refractivity contribution in [2.24, 2.45) is 0 Å². The maximum Gasteiger partial charge on any atom is 0.329 e. The van der Waals surface area contributed by atoms with Crippen molar-refractivity contribution in [1.29, 1.82) is 5.26 Å². The second-order valence-electron chi connectivity index (χ2n) is 5.42. The van der Waals surface area contributed by atoms with Gasteiger partial charge in [-0.15, -0.1) is 10.2 Å². The highest BCUT2D eigenvalue weighted by Gasteiger charge is 2.28. The van der Waals surface area contributed by atoms with Crippen molar-refractivity contribution in [3.05, 3.63) is 66.4 Å². The molecular formula is C20H16N4O2. The molecule has 3 rings (SSSR count). The van der Waals surface area contributed by atoms with Gasteiger partial charge >= 0.3 is 5.97 Å². The fourth-order valence-corrected chi connectivity index (χ4v) is 2.50. The molecule has 0 fully saturated rings. The Balaban J connectivity index is 2.16. The van der Waals surface area contributed by atoms with E-state index in [4.69, 9.17) is 4.74 Å². The summed E-state index contributed by atoms with van der Waals surface area (Å²) in [6, 6.07) is 20.5. The Labute approximate surface area is 151 Å². The van der Waals surface area contributed by atoms with Gasteiger partial charge in [-0.05, 0) is 6.92 Å². The molecule has 0 amide bonds. The summed E-state index contributed by atoms with van der Waals surface area (Å²) in [4.78, 5) is 16.8. The maximum atomic E-state index is 12.3. The van der Waals surface area contributed by atoms with Gasteiger partial charge in [0.2, 0.25) is 0 Å². The van der Waals surface area contributed by atoms with E-state index < -0.39 is 11.9 Å². The SMILES string of the molecule is CCOC(=O)C(C#N)c1nc(-c2ccccc2)nnc1-c1ccccc1. The molecule has 1 atom stereocenters. The molecule has 1 unspecified atom stereocenters. The fraction of sp³-hybridized carbons (Fsp3) is 0.150. The van der Waals surface area contributed by atoms with Gasteiger partial charge in [0.25, 0.3) is 0 Å². The van der Waals surface area contributed by atoms with Crippen LogP contribution in [0.15, 0.2) is 60.7 Å². The smallest absolute Gasteiger partial charge is 0.329 e. The highest BCUT2D eigenvalue weighted by atomic mass is 16.5. The first-order valence-electron chi connectivity index (χ1n) is 8.16. The van der Waals surface area contributed by atoms with Gasteiger partial charge in [-0.1, -0.05) is 60.7 Å². The number of rotatable bonds is 5. The first-order chi connectivity index (χ1) is 12.7. The monoisotopic (exact) mass is 344 g/mol. The molecule has 1 aromatic heterocycles. The van der Waals surface area contributed by atoms with Crippen LogP contribution in [0, 0.1) is 11.3 Å². The minimum Gasteiger partial charge on any atom is -0.465 e. The first-order valence-corrected chi connectivity index (χ1v) is 8.16. The van der Waals surface area contributed by atoms with Crippen molar-refractivity contribution in [2.75, 3.05) is 6.61 Å². The van der Waals surface area contributed by atoms with Crippen molar-refractivity contribution < 1.29 is 9.53 Å². The van der Waals surface area contributed by atoms with Crippen molar-refractivity contribution in [1.82, 2.24) is 15.2 Å². The lowest BCUT2D eigenvalue weighted by atomic mass is 10.0. The van der Waals surface area contributed by atoms with Crippen LogP contribution in [-0.2, 0) is 9.53 Å². The lowest BCUT2D eigenvalue weighted by molar-refractivity contribution is -0.143. The lowest BCUT2D eigenvalue weighted by Gasteiger charge is -2.13. The van der Waals surface area contributed by atoms with E-state index in [2.05, 4.69) is 15.2 Å². The Morgan fingerprint density at radius 3 is 2.23 bits per heavy atom. The van der Waals surface area contributed by atoms with E-state index in [0.717, 1.165) is 11.1 Å². The van der Waals surface area contributed by atoms with Gasteiger partial charge in [-0.3, -0.25) is 4.79 Å². The first kappa shape index (κ1) is 17.2. The summed E-state index contributed by atoms with van der Waals surface area (Å²) >= 11 is 0. The van der Waals surface area contributed by atoms with Crippen molar-refractivity contribution in [3.63, 3.8) is 0 Å². The van der Waals surface area contributed by atoms with Crippen LogP contribution in [0.3, 0.4) is 0 Å². The second kappa shape index (κ2) is 7.99. The molecule has 0 spiro atoms. The Morgan fingerprint density at radius 1 is 1.04 bits per heavy atom. The Bertz CT molecular complexity index is 937. The molecule has 0 radical (unpaired) electrons. The Morgan fingerprint density at radius 2 is 1.65 bits per heavy atom. The van der Waals surface area contributed by atoms with Crippen LogP contribution in [-0.4, -0.2) is 27.8 Å². The van der Waals surface area contributed by atoms with Crippen molar-refractivity contribution in [3.8, 4) is 28.7 Å². The minimum absolute atomic E-state index is 0.182. The highest BCUT2D eigenvalue weighted by Crippen LogP contribution is 2.28. The maximum absolute atomic E-state index is 12.3. The summed E-state index contributed by atoms with van der Waals surface area (Å²) in [5.41, 5.74) is 2.11. The third-order valence-corrected chi connectivity index (χ3v) is 3.72. The van der Waals surface area contributed by atoms with E-state index in [0.29, 0.717) is 11.5 Å². The quantitative estimate of drug-likeness (QED) is 0.659.